The highest BCUT2D eigenvalue weighted by atomic mass is 16.5. The number of aromatic nitrogens is 3. The predicted octanol–water partition coefficient (Wildman–Crippen LogP) is 6.02. The SMILES string of the molecule is Cc1nnc(CN(Cc2cc(C)c(OC(C)(C)C(=O)O)c(C)c2)Cc2nc(-c3ccc(C)c(C)c3)oc2C)o1. The van der Waals surface area contributed by atoms with Crippen molar-refractivity contribution in [3.63, 3.8) is 0 Å². The fraction of sp³-hybridized carbons (Fsp3) is 0.400. The van der Waals surface area contributed by atoms with Crippen LogP contribution in [0.15, 0.2) is 39.2 Å². The molecule has 0 aliphatic rings. The van der Waals surface area contributed by atoms with E-state index < -0.39 is 11.6 Å². The van der Waals surface area contributed by atoms with Crippen molar-refractivity contribution in [2.75, 3.05) is 0 Å². The molecule has 0 bridgehead atoms. The first kappa shape index (κ1) is 28.0. The van der Waals surface area contributed by atoms with E-state index in [1.54, 1.807) is 20.8 Å². The molecule has 2 heterocycles. The molecule has 0 amide bonds. The van der Waals surface area contributed by atoms with Crippen LogP contribution >= 0.6 is 0 Å². The first-order valence-electron chi connectivity index (χ1n) is 12.9. The summed E-state index contributed by atoms with van der Waals surface area (Å²) in [5.74, 6) is 1.92. The van der Waals surface area contributed by atoms with Crippen molar-refractivity contribution in [1.29, 1.82) is 0 Å². The zero-order valence-electron chi connectivity index (χ0n) is 23.9. The van der Waals surface area contributed by atoms with Gasteiger partial charge in [-0.05, 0) is 88.4 Å². The molecule has 39 heavy (non-hydrogen) atoms. The van der Waals surface area contributed by atoms with Gasteiger partial charge in [0.25, 0.3) is 0 Å². The Bertz CT molecular complexity index is 1480. The summed E-state index contributed by atoms with van der Waals surface area (Å²) in [6.45, 7) is 16.3. The number of carboxylic acids is 1. The van der Waals surface area contributed by atoms with Gasteiger partial charge < -0.3 is 18.7 Å². The van der Waals surface area contributed by atoms with Gasteiger partial charge in [0, 0.05) is 25.6 Å². The fourth-order valence-corrected chi connectivity index (χ4v) is 4.39. The summed E-state index contributed by atoms with van der Waals surface area (Å²) >= 11 is 0. The zero-order chi connectivity index (χ0) is 28.5. The Labute approximate surface area is 228 Å². The molecule has 0 spiro atoms. The number of aliphatic carboxylic acids is 1. The van der Waals surface area contributed by atoms with Gasteiger partial charge in [0.2, 0.25) is 17.7 Å². The molecule has 2 aromatic carbocycles. The summed E-state index contributed by atoms with van der Waals surface area (Å²) in [6, 6.07) is 10.2. The Balaban J connectivity index is 1.61. The van der Waals surface area contributed by atoms with Gasteiger partial charge in [-0.1, -0.05) is 18.2 Å². The molecule has 0 unspecified atom stereocenters. The van der Waals surface area contributed by atoms with Crippen molar-refractivity contribution < 1.29 is 23.5 Å². The molecule has 0 radical (unpaired) electrons. The van der Waals surface area contributed by atoms with Crippen molar-refractivity contribution in [3.8, 4) is 17.2 Å². The molecule has 0 aliphatic heterocycles. The Morgan fingerprint density at radius 3 is 2.18 bits per heavy atom. The maximum absolute atomic E-state index is 11.6. The minimum atomic E-state index is -1.34. The van der Waals surface area contributed by atoms with Gasteiger partial charge in [-0.3, -0.25) is 4.90 Å². The number of hydrogen-bond acceptors (Lipinski definition) is 8. The van der Waals surface area contributed by atoms with E-state index in [9.17, 15) is 9.90 Å². The maximum atomic E-state index is 11.6. The number of oxazole rings is 1. The fourth-order valence-electron chi connectivity index (χ4n) is 4.39. The molecular formula is C30H36N4O5. The molecule has 4 aromatic rings. The van der Waals surface area contributed by atoms with Crippen molar-refractivity contribution in [2.45, 2.75) is 80.6 Å². The number of nitrogens with zero attached hydrogens (tertiary/aromatic N) is 4. The molecule has 9 heteroatoms. The van der Waals surface area contributed by atoms with Crippen LogP contribution in [0.3, 0.4) is 0 Å². The van der Waals surface area contributed by atoms with E-state index in [1.807, 2.05) is 39.0 Å². The first-order chi connectivity index (χ1) is 18.3. The third-order valence-electron chi connectivity index (χ3n) is 6.75. The predicted molar refractivity (Wildman–Crippen MR) is 146 cm³/mol. The molecule has 0 fully saturated rings. The third kappa shape index (κ3) is 6.54. The average Bonchev–Trinajstić information content (AvgIpc) is 3.42. The van der Waals surface area contributed by atoms with E-state index in [1.165, 1.54) is 11.1 Å². The lowest BCUT2D eigenvalue weighted by Gasteiger charge is -2.25. The van der Waals surface area contributed by atoms with Gasteiger partial charge in [0.05, 0.1) is 12.2 Å². The van der Waals surface area contributed by atoms with Crippen molar-refractivity contribution in [3.05, 3.63) is 81.4 Å². The maximum Gasteiger partial charge on any atom is 0.347 e. The second-order valence-electron chi connectivity index (χ2n) is 10.7. The summed E-state index contributed by atoms with van der Waals surface area (Å²) in [5.41, 5.74) is 5.60. The largest absolute Gasteiger partial charge is 0.478 e. The summed E-state index contributed by atoms with van der Waals surface area (Å²) in [5, 5.41) is 17.7. The lowest BCUT2D eigenvalue weighted by molar-refractivity contribution is -0.152. The van der Waals surface area contributed by atoms with E-state index in [2.05, 4.69) is 41.1 Å². The molecule has 9 nitrogen and oxygen atoms in total. The molecular weight excluding hydrogens is 496 g/mol. The van der Waals surface area contributed by atoms with E-state index in [-0.39, 0.29) is 0 Å². The molecule has 2 aromatic heterocycles. The normalized spacial score (nSPS) is 11.8. The Morgan fingerprint density at radius 2 is 1.59 bits per heavy atom. The molecule has 4 rings (SSSR count). The average molecular weight is 533 g/mol. The van der Waals surface area contributed by atoms with Crippen molar-refractivity contribution >= 4 is 5.97 Å². The standard InChI is InChI=1S/C30H36N4O5/c1-17-9-10-24(13-18(17)2)28-31-25(21(5)37-28)15-34(16-26-33-32-22(6)38-26)14-23-11-19(3)27(20(4)12-23)39-30(7,8)29(35)36/h9-13H,14-16H2,1-8H3,(H,35,36). The molecule has 206 valence electrons. The van der Waals surface area contributed by atoms with Gasteiger partial charge in [0.1, 0.15) is 11.5 Å². The topological polar surface area (TPSA) is 115 Å². The zero-order valence-corrected chi connectivity index (χ0v) is 23.9. The van der Waals surface area contributed by atoms with Crippen molar-refractivity contribution in [2.24, 2.45) is 0 Å². The summed E-state index contributed by atoms with van der Waals surface area (Å²) < 4.78 is 17.6. The van der Waals surface area contributed by atoms with Gasteiger partial charge in [0.15, 0.2) is 5.60 Å². The number of hydrogen-bond donors (Lipinski definition) is 1. The minimum Gasteiger partial charge on any atom is -0.478 e. The number of benzene rings is 2. The minimum absolute atomic E-state index is 0.425. The van der Waals surface area contributed by atoms with Crippen LogP contribution in [0, 0.1) is 41.5 Å². The monoisotopic (exact) mass is 532 g/mol. The number of rotatable bonds is 10. The quantitative estimate of drug-likeness (QED) is 0.262. The van der Waals surface area contributed by atoms with E-state index in [4.69, 9.17) is 18.6 Å². The third-order valence-corrected chi connectivity index (χ3v) is 6.75. The molecule has 0 aliphatic carbocycles. The number of carbonyl (C=O) groups is 1. The smallest absolute Gasteiger partial charge is 0.347 e. The van der Waals surface area contributed by atoms with E-state index in [0.717, 1.165) is 33.7 Å². The number of ether oxygens (including phenoxy) is 1. The van der Waals surface area contributed by atoms with Crippen LogP contribution in [0.1, 0.15) is 64.9 Å². The van der Waals surface area contributed by atoms with Crippen LogP contribution in [0.25, 0.3) is 11.5 Å². The van der Waals surface area contributed by atoms with Gasteiger partial charge in [-0.2, -0.15) is 0 Å². The summed E-state index contributed by atoms with van der Waals surface area (Å²) in [7, 11) is 0. The second kappa shape index (κ2) is 11.0. The lowest BCUT2D eigenvalue weighted by Crippen LogP contribution is -2.38. The molecule has 0 saturated carbocycles. The van der Waals surface area contributed by atoms with E-state index in [0.29, 0.717) is 43.1 Å². The molecule has 0 atom stereocenters. The first-order valence-corrected chi connectivity index (χ1v) is 12.9. The van der Waals surface area contributed by atoms with Crippen LogP contribution in [0.2, 0.25) is 0 Å². The van der Waals surface area contributed by atoms with Crippen molar-refractivity contribution in [1.82, 2.24) is 20.1 Å². The highest BCUT2D eigenvalue weighted by Gasteiger charge is 2.30. The van der Waals surface area contributed by atoms with Crippen LogP contribution < -0.4 is 4.74 Å². The lowest BCUT2D eigenvalue weighted by atomic mass is 10.0. The Hall–Kier alpha value is -3.98. The summed E-state index contributed by atoms with van der Waals surface area (Å²) in [4.78, 5) is 18.6. The van der Waals surface area contributed by atoms with Crippen LogP contribution in [0.4, 0.5) is 0 Å². The number of carboxylic acid groups (broad SMARTS) is 1. The Morgan fingerprint density at radius 1 is 0.897 bits per heavy atom. The van der Waals surface area contributed by atoms with Gasteiger partial charge >= 0.3 is 5.97 Å². The van der Waals surface area contributed by atoms with Crippen LogP contribution in [0.5, 0.6) is 5.75 Å². The van der Waals surface area contributed by atoms with Gasteiger partial charge in [-0.25, -0.2) is 9.78 Å². The highest BCUT2D eigenvalue weighted by molar-refractivity contribution is 5.77. The molecule has 1 N–H and O–H groups in total. The van der Waals surface area contributed by atoms with Crippen LogP contribution in [-0.4, -0.2) is 36.8 Å². The molecule has 0 saturated heterocycles. The Kier molecular flexibility index (Phi) is 7.92. The highest BCUT2D eigenvalue weighted by Crippen LogP contribution is 2.30. The number of aryl methyl sites for hydroxylation is 6. The van der Waals surface area contributed by atoms with Crippen LogP contribution in [-0.2, 0) is 24.4 Å². The van der Waals surface area contributed by atoms with E-state index >= 15 is 0 Å². The van der Waals surface area contributed by atoms with Gasteiger partial charge in [-0.15, -0.1) is 10.2 Å². The summed E-state index contributed by atoms with van der Waals surface area (Å²) in [6.07, 6.45) is 0. The second-order valence-corrected chi connectivity index (χ2v) is 10.7.